The van der Waals surface area contributed by atoms with Gasteiger partial charge in [0.2, 0.25) is 0 Å². The second kappa shape index (κ2) is 36.0. The highest BCUT2D eigenvalue weighted by Gasteiger charge is 2.20. The Bertz CT molecular complexity index is 1000. The highest BCUT2D eigenvalue weighted by molar-refractivity contribution is 5.00. The van der Waals surface area contributed by atoms with E-state index >= 15 is 0 Å². The summed E-state index contributed by atoms with van der Waals surface area (Å²) in [6.07, 6.45) is 29.9. The van der Waals surface area contributed by atoms with Crippen LogP contribution in [0.3, 0.4) is 0 Å². The van der Waals surface area contributed by atoms with Gasteiger partial charge < -0.3 is 14.5 Å². The van der Waals surface area contributed by atoms with Gasteiger partial charge >= 0.3 is 0 Å². The molecule has 0 N–H and O–H groups in total. The van der Waals surface area contributed by atoms with Crippen LogP contribution >= 0.6 is 0 Å². The number of likely N-dealkylation sites (tertiary alicyclic amines) is 2. The molecule has 0 saturated carbocycles. The van der Waals surface area contributed by atoms with Crippen LogP contribution in [0.25, 0.3) is 0 Å². The van der Waals surface area contributed by atoms with E-state index in [0.29, 0.717) is 0 Å². The van der Waals surface area contributed by atoms with Crippen molar-refractivity contribution in [3.8, 4) is 0 Å². The quantitative estimate of drug-likeness (QED) is 0.112. The van der Waals surface area contributed by atoms with Crippen LogP contribution in [0, 0.1) is 31.6 Å². The van der Waals surface area contributed by atoms with Crippen LogP contribution in [0.1, 0.15) is 176 Å². The number of aromatic nitrogens is 4. The van der Waals surface area contributed by atoms with E-state index in [0.717, 1.165) is 44.1 Å². The first-order valence-electron chi connectivity index (χ1n) is 22.9. The van der Waals surface area contributed by atoms with Crippen LogP contribution in [0.4, 0.5) is 0 Å². The Morgan fingerprint density at radius 1 is 0.585 bits per heavy atom. The summed E-state index contributed by atoms with van der Waals surface area (Å²) >= 11 is 0. The lowest BCUT2D eigenvalue weighted by Gasteiger charge is -2.31. The number of piperidine rings is 2. The Hall–Kier alpha value is -1.70. The first kappa shape index (κ1) is 51.3. The predicted octanol–water partition coefficient (Wildman–Crippen LogP) is 12.3. The van der Waals surface area contributed by atoms with Crippen molar-refractivity contribution in [1.82, 2.24) is 29.4 Å². The Balaban J connectivity index is 0.000000899. The smallest absolute Gasteiger partial charge is 0.0518 e. The third-order valence-electron chi connectivity index (χ3n) is 10.2. The lowest BCUT2D eigenvalue weighted by atomic mass is 9.96. The van der Waals surface area contributed by atoms with E-state index in [-0.39, 0.29) is 0 Å². The molecule has 0 amide bonds. The number of aryl methyl sites for hydroxylation is 2. The fourth-order valence-electron chi connectivity index (χ4n) is 7.11. The van der Waals surface area contributed by atoms with Crippen molar-refractivity contribution >= 4 is 0 Å². The fourth-order valence-corrected chi connectivity index (χ4v) is 7.11. The number of rotatable bonds is 22. The normalized spacial score (nSPS) is 15.4. The van der Waals surface area contributed by atoms with Crippen molar-refractivity contribution in [3.05, 3.63) is 35.9 Å². The molecule has 2 fully saturated rings. The van der Waals surface area contributed by atoms with E-state index in [9.17, 15) is 0 Å². The van der Waals surface area contributed by atoms with Gasteiger partial charge in [0.15, 0.2) is 0 Å². The number of hydrogen-bond acceptors (Lipinski definition) is 5. The van der Waals surface area contributed by atoms with Crippen molar-refractivity contribution in [1.29, 1.82) is 0 Å². The van der Waals surface area contributed by atoms with Gasteiger partial charge in [0.1, 0.15) is 0 Å². The van der Waals surface area contributed by atoms with Crippen LogP contribution in [0.5, 0.6) is 0 Å². The summed E-state index contributed by atoms with van der Waals surface area (Å²) in [5.41, 5.74) is 2.54. The molecular weight excluding hydrogens is 653 g/mol. The first-order chi connectivity index (χ1) is 25.9. The molecule has 2 aromatic rings. The minimum atomic E-state index is 0.799. The van der Waals surface area contributed by atoms with Gasteiger partial charge in [-0.25, -0.2) is 0 Å². The minimum absolute atomic E-state index is 0.799. The summed E-state index contributed by atoms with van der Waals surface area (Å²) in [6, 6.07) is 0. The fraction of sp³-hybridized carbons (Fsp3) is 0.870. The largest absolute Gasteiger partial charge is 0.381 e. The summed E-state index contributed by atoms with van der Waals surface area (Å²) in [5, 5.41) is 8.85. The molecule has 0 unspecified atom stereocenters. The second-order valence-corrected chi connectivity index (χ2v) is 15.4. The number of ether oxygens (including phenoxy) is 1. The van der Waals surface area contributed by atoms with Crippen LogP contribution in [0.15, 0.2) is 24.8 Å². The molecule has 312 valence electrons. The van der Waals surface area contributed by atoms with E-state index in [1.54, 1.807) is 0 Å². The molecule has 0 aliphatic carbocycles. The number of nitrogens with zero attached hydrogens (tertiary/aromatic N) is 6. The number of hydrogen-bond donors (Lipinski definition) is 0. The molecule has 0 spiro atoms. The topological polar surface area (TPSA) is 51.4 Å². The molecule has 0 radical (unpaired) electrons. The van der Waals surface area contributed by atoms with Crippen molar-refractivity contribution in [2.24, 2.45) is 17.8 Å². The molecule has 2 aliphatic heterocycles. The lowest BCUT2D eigenvalue weighted by Crippen LogP contribution is -2.35. The molecular formula is C46H92N6O. The van der Waals surface area contributed by atoms with E-state index in [4.69, 9.17) is 4.74 Å². The number of unbranched alkanes of at least 4 members (excludes halogenated alkanes) is 8. The van der Waals surface area contributed by atoms with E-state index in [2.05, 4.69) is 76.4 Å². The molecule has 0 atom stereocenters. The first-order valence-corrected chi connectivity index (χ1v) is 22.9. The lowest BCUT2D eigenvalue weighted by molar-refractivity contribution is 0.119. The molecule has 0 aromatic carbocycles. The molecule has 2 saturated heterocycles. The Morgan fingerprint density at radius 3 is 1.38 bits per heavy atom. The van der Waals surface area contributed by atoms with Gasteiger partial charge in [0.05, 0.1) is 12.4 Å². The van der Waals surface area contributed by atoms with Crippen molar-refractivity contribution in [2.45, 2.75) is 192 Å². The summed E-state index contributed by atoms with van der Waals surface area (Å²) < 4.78 is 9.87. The van der Waals surface area contributed by atoms with Crippen LogP contribution < -0.4 is 0 Å². The zero-order chi connectivity index (χ0) is 39.5. The zero-order valence-electron chi connectivity index (χ0n) is 37.5. The maximum Gasteiger partial charge on any atom is 0.0518 e. The van der Waals surface area contributed by atoms with E-state index < -0.39 is 0 Å². The SMILES string of the molecule is CC.CC.CC.CCCCOCCCCN1CCC(Cn2cc(C)cn2)CC1.Cc1cnn(CC2CCN(CCCCCCCCCC(C)C)CC2)c1. The molecule has 4 heterocycles. The summed E-state index contributed by atoms with van der Waals surface area (Å²) in [6.45, 7) is 34.8. The molecule has 7 heteroatoms. The zero-order valence-corrected chi connectivity index (χ0v) is 37.5. The average Bonchev–Trinajstić information content (AvgIpc) is 3.80. The molecule has 2 aliphatic rings. The molecule has 7 nitrogen and oxygen atoms in total. The van der Waals surface area contributed by atoms with Crippen LogP contribution in [-0.2, 0) is 17.8 Å². The van der Waals surface area contributed by atoms with Gasteiger partial charge in [0.25, 0.3) is 0 Å². The van der Waals surface area contributed by atoms with Gasteiger partial charge in [-0.05, 0) is 133 Å². The maximum atomic E-state index is 5.62. The highest BCUT2D eigenvalue weighted by atomic mass is 16.5. The van der Waals surface area contributed by atoms with Crippen molar-refractivity contribution in [3.63, 3.8) is 0 Å². The molecule has 4 rings (SSSR count). The molecule has 2 aromatic heterocycles. The summed E-state index contributed by atoms with van der Waals surface area (Å²) in [7, 11) is 0. The van der Waals surface area contributed by atoms with E-state index in [1.807, 2.05) is 53.9 Å². The Morgan fingerprint density at radius 2 is 0.981 bits per heavy atom. The summed E-state index contributed by atoms with van der Waals surface area (Å²) in [4.78, 5) is 5.31. The molecule has 53 heavy (non-hydrogen) atoms. The third kappa shape index (κ3) is 27.5. The third-order valence-corrected chi connectivity index (χ3v) is 10.2. The standard InChI is InChI=1S/C22H41N3.C18H33N3O.3C2H6/c1-20(2)11-9-7-5-4-6-8-10-14-24-15-12-22(13-16-24)19-25-18-21(3)17-23-25;1-3-4-12-22-13-6-5-9-20-10-7-18(8-11-20)16-21-15-17(2)14-19-21;3*1-2/h17-18,20,22H,4-16,19H2,1-3H3;14-15,18H,3-13,16H2,1-2H3;3*1-2H3. The van der Waals surface area contributed by atoms with E-state index in [1.165, 1.54) is 153 Å². The van der Waals surface area contributed by atoms with Gasteiger partial charge in [0, 0.05) is 38.7 Å². The second-order valence-electron chi connectivity index (χ2n) is 15.4. The van der Waals surface area contributed by atoms with Gasteiger partial charge in [-0.3, -0.25) is 9.36 Å². The van der Waals surface area contributed by atoms with Gasteiger partial charge in [-0.15, -0.1) is 0 Å². The van der Waals surface area contributed by atoms with Gasteiger partial charge in [-0.2, -0.15) is 10.2 Å². The summed E-state index contributed by atoms with van der Waals surface area (Å²) in [5.74, 6) is 2.50. The van der Waals surface area contributed by atoms with Crippen LogP contribution in [0.2, 0.25) is 0 Å². The van der Waals surface area contributed by atoms with Crippen molar-refractivity contribution in [2.75, 3.05) is 52.5 Å². The van der Waals surface area contributed by atoms with Crippen LogP contribution in [-0.4, -0.2) is 81.8 Å². The minimum Gasteiger partial charge on any atom is -0.381 e. The maximum absolute atomic E-state index is 5.62. The Kier molecular flexibility index (Phi) is 34.8. The highest BCUT2D eigenvalue weighted by Crippen LogP contribution is 2.21. The predicted molar refractivity (Wildman–Crippen MR) is 233 cm³/mol. The Labute approximate surface area is 331 Å². The molecule has 0 bridgehead atoms. The average molecular weight is 745 g/mol. The van der Waals surface area contributed by atoms with Crippen molar-refractivity contribution < 1.29 is 4.74 Å². The van der Waals surface area contributed by atoms with Gasteiger partial charge in [-0.1, -0.05) is 114 Å². The monoisotopic (exact) mass is 745 g/mol.